The van der Waals surface area contributed by atoms with E-state index >= 15 is 0 Å². The number of aryl methyl sites for hydroxylation is 1. The van der Waals surface area contributed by atoms with Gasteiger partial charge in [0, 0.05) is 18.5 Å². The number of rotatable bonds is 4. The largest absolute Gasteiger partial charge is 0.493 e. The molecule has 2 aromatic carbocycles. The van der Waals surface area contributed by atoms with Gasteiger partial charge in [-0.15, -0.1) is 0 Å². The molecule has 0 amide bonds. The topological polar surface area (TPSA) is 21.3 Å². The van der Waals surface area contributed by atoms with Crippen LogP contribution < -0.4 is 10.1 Å². The van der Waals surface area contributed by atoms with Crippen LogP contribution in [0.5, 0.6) is 5.75 Å². The first-order valence-electron chi connectivity index (χ1n) is 7.75. The number of nitrogens with one attached hydrogen (secondary N) is 1. The summed E-state index contributed by atoms with van der Waals surface area (Å²) in [6, 6.07) is 17.5. The van der Waals surface area contributed by atoms with Gasteiger partial charge in [-0.25, -0.2) is 0 Å². The molecular formula is C19H23NO. The van der Waals surface area contributed by atoms with E-state index in [1.165, 1.54) is 16.7 Å². The van der Waals surface area contributed by atoms with Gasteiger partial charge < -0.3 is 10.1 Å². The minimum absolute atomic E-state index is 0.375. The molecule has 21 heavy (non-hydrogen) atoms. The molecule has 0 fully saturated rings. The maximum atomic E-state index is 5.73. The molecule has 0 bridgehead atoms. The number of ether oxygens (including phenoxy) is 1. The zero-order valence-corrected chi connectivity index (χ0v) is 12.8. The van der Waals surface area contributed by atoms with Crippen LogP contribution in [-0.2, 0) is 0 Å². The van der Waals surface area contributed by atoms with E-state index in [0.717, 1.165) is 25.3 Å². The molecule has 2 heteroatoms. The quantitative estimate of drug-likeness (QED) is 0.906. The lowest BCUT2D eigenvalue weighted by atomic mass is 9.92. The normalized spacial score (nSPS) is 18.7. The fraction of sp³-hybridized carbons (Fsp3) is 0.368. The standard InChI is InChI=1S/C19H23NO/c1-14-6-5-7-16(12-14)15(2)20-13-17-10-11-21-19-9-4-3-8-18(17)19/h3-9,12,15,17,20H,10-11,13H2,1-2H3/t15-,17?/m0/s1. The molecule has 2 atom stereocenters. The van der Waals surface area contributed by atoms with Gasteiger partial charge in [-0.1, -0.05) is 48.0 Å². The van der Waals surface area contributed by atoms with Crippen molar-refractivity contribution in [3.8, 4) is 5.75 Å². The second-order valence-corrected chi connectivity index (χ2v) is 5.92. The Kier molecular flexibility index (Phi) is 4.26. The Morgan fingerprint density at radius 2 is 2.05 bits per heavy atom. The van der Waals surface area contributed by atoms with Gasteiger partial charge >= 0.3 is 0 Å². The predicted octanol–water partition coefficient (Wildman–Crippen LogP) is 4.21. The van der Waals surface area contributed by atoms with Gasteiger partial charge in [-0.3, -0.25) is 0 Å². The average molecular weight is 281 g/mol. The van der Waals surface area contributed by atoms with Gasteiger partial charge in [0.25, 0.3) is 0 Å². The lowest BCUT2D eigenvalue weighted by molar-refractivity contribution is 0.263. The van der Waals surface area contributed by atoms with Crippen LogP contribution >= 0.6 is 0 Å². The van der Waals surface area contributed by atoms with E-state index in [-0.39, 0.29) is 0 Å². The highest BCUT2D eigenvalue weighted by Crippen LogP contribution is 2.33. The van der Waals surface area contributed by atoms with E-state index in [9.17, 15) is 0 Å². The minimum atomic E-state index is 0.375. The molecule has 0 spiro atoms. The first-order valence-corrected chi connectivity index (χ1v) is 7.75. The highest BCUT2D eigenvalue weighted by atomic mass is 16.5. The summed E-state index contributed by atoms with van der Waals surface area (Å²) in [4.78, 5) is 0. The molecular weight excluding hydrogens is 258 g/mol. The van der Waals surface area contributed by atoms with Crippen molar-refractivity contribution in [3.63, 3.8) is 0 Å². The van der Waals surface area contributed by atoms with Gasteiger partial charge in [-0.2, -0.15) is 0 Å². The number of para-hydroxylation sites is 1. The fourth-order valence-electron chi connectivity index (χ4n) is 3.00. The van der Waals surface area contributed by atoms with Crippen molar-refractivity contribution in [2.75, 3.05) is 13.2 Å². The van der Waals surface area contributed by atoms with Crippen LogP contribution in [0.1, 0.15) is 42.0 Å². The summed E-state index contributed by atoms with van der Waals surface area (Å²) < 4.78 is 5.73. The highest BCUT2D eigenvalue weighted by Gasteiger charge is 2.21. The molecule has 1 aliphatic rings. The molecule has 3 rings (SSSR count). The average Bonchev–Trinajstić information content (AvgIpc) is 2.52. The van der Waals surface area contributed by atoms with Gasteiger partial charge in [-0.05, 0) is 37.5 Å². The van der Waals surface area contributed by atoms with Crippen molar-refractivity contribution in [1.82, 2.24) is 5.32 Å². The second kappa shape index (κ2) is 6.31. The van der Waals surface area contributed by atoms with Crippen LogP contribution in [0.25, 0.3) is 0 Å². The monoisotopic (exact) mass is 281 g/mol. The Hall–Kier alpha value is -1.80. The molecule has 0 saturated heterocycles. The van der Waals surface area contributed by atoms with Crippen molar-refractivity contribution < 1.29 is 4.74 Å². The molecule has 1 heterocycles. The molecule has 0 radical (unpaired) electrons. The van der Waals surface area contributed by atoms with Crippen molar-refractivity contribution in [2.45, 2.75) is 32.2 Å². The molecule has 110 valence electrons. The fourth-order valence-corrected chi connectivity index (χ4v) is 3.00. The van der Waals surface area contributed by atoms with Gasteiger partial charge in [0.05, 0.1) is 6.61 Å². The molecule has 1 N–H and O–H groups in total. The second-order valence-electron chi connectivity index (χ2n) is 5.92. The first-order chi connectivity index (χ1) is 10.2. The summed E-state index contributed by atoms with van der Waals surface area (Å²) >= 11 is 0. The van der Waals surface area contributed by atoms with Crippen LogP contribution in [0, 0.1) is 6.92 Å². The van der Waals surface area contributed by atoms with Gasteiger partial charge in [0.1, 0.15) is 5.75 Å². The third-order valence-electron chi connectivity index (χ3n) is 4.30. The van der Waals surface area contributed by atoms with E-state index in [4.69, 9.17) is 4.74 Å². The Morgan fingerprint density at radius 3 is 2.90 bits per heavy atom. The highest BCUT2D eigenvalue weighted by molar-refractivity contribution is 5.38. The van der Waals surface area contributed by atoms with E-state index in [1.54, 1.807) is 0 Å². The van der Waals surface area contributed by atoms with E-state index in [1.807, 2.05) is 6.07 Å². The molecule has 2 nitrogen and oxygen atoms in total. The third-order valence-corrected chi connectivity index (χ3v) is 4.30. The zero-order chi connectivity index (χ0) is 14.7. The smallest absolute Gasteiger partial charge is 0.122 e. The number of hydrogen-bond acceptors (Lipinski definition) is 2. The third kappa shape index (κ3) is 3.27. The lowest BCUT2D eigenvalue weighted by Gasteiger charge is -2.27. The molecule has 0 saturated carbocycles. The number of benzene rings is 2. The van der Waals surface area contributed by atoms with Gasteiger partial charge in [0.15, 0.2) is 0 Å². The van der Waals surface area contributed by atoms with Crippen LogP contribution in [0.2, 0.25) is 0 Å². The summed E-state index contributed by atoms with van der Waals surface area (Å²) in [6.45, 7) is 6.20. The van der Waals surface area contributed by atoms with Crippen molar-refractivity contribution in [2.24, 2.45) is 0 Å². The number of fused-ring (bicyclic) bond motifs is 1. The van der Waals surface area contributed by atoms with E-state index in [2.05, 4.69) is 61.6 Å². The van der Waals surface area contributed by atoms with Crippen molar-refractivity contribution >= 4 is 0 Å². The van der Waals surface area contributed by atoms with Crippen molar-refractivity contribution in [1.29, 1.82) is 0 Å². The Morgan fingerprint density at radius 1 is 1.19 bits per heavy atom. The molecule has 1 aliphatic heterocycles. The van der Waals surface area contributed by atoms with Crippen LogP contribution in [0.3, 0.4) is 0 Å². The molecule has 2 aromatic rings. The zero-order valence-electron chi connectivity index (χ0n) is 12.8. The minimum Gasteiger partial charge on any atom is -0.493 e. The SMILES string of the molecule is Cc1cccc([C@H](C)NCC2CCOc3ccccc32)c1. The van der Waals surface area contributed by atoms with Crippen LogP contribution in [0.4, 0.5) is 0 Å². The van der Waals surface area contributed by atoms with Crippen LogP contribution in [0.15, 0.2) is 48.5 Å². The first kappa shape index (κ1) is 14.2. The lowest BCUT2D eigenvalue weighted by Crippen LogP contribution is -2.28. The maximum Gasteiger partial charge on any atom is 0.122 e. The van der Waals surface area contributed by atoms with Crippen molar-refractivity contribution in [3.05, 3.63) is 65.2 Å². The summed E-state index contributed by atoms with van der Waals surface area (Å²) in [5.41, 5.74) is 4.01. The Balaban J connectivity index is 1.66. The molecule has 0 aromatic heterocycles. The predicted molar refractivity (Wildman–Crippen MR) is 86.9 cm³/mol. The Bertz CT molecular complexity index is 608. The number of hydrogen-bond donors (Lipinski definition) is 1. The van der Waals surface area contributed by atoms with Crippen LogP contribution in [-0.4, -0.2) is 13.2 Å². The summed E-state index contributed by atoms with van der Waals surface area (Å²) in [6.07, 6.45) is 1.09. The summed E-state index contributed by atoms with van der Waals surface area (Å²) in [7, 11) is 0. The summed E-state index contributed by atoms with van der Waals surface area (Å²) in [5, 5.41) is 3.68. The maximum absolute atomic E-state index is 5.73. The molecule has 1 unspecified atom stereocenters. The van der Waals surface area contributed by atoms with E-state index in [0.29, 0.717) is 12.0 Å². The summed E-state index contributed by atoms with van der Waals surface area (Å²) in [5.74, 6) is 1.60. The Labute approximate surface area is 127 Å². The van der Waals surface area contributed by atoms with E-state index < -0.39 is 0 Å². The molecule has 0 aliphatic carbocycles. The van der Waals surface area contributed by atoms with Gasteiger partial charge in [0.2, 0.25) is 0 Å².